The van der Waals surface area contributed by atoms with E-state index >= 15 is 0 Å². The fourth-order valence-corrected chi connectivity index (χ4v) is 3.30. The van der Waals surface area contributed by atoms with Crippen molar-refractivity contribution in [3.8, 4) is 0 Å². The number of hydrogen-bond acceptors (Lipinski definition) is 7. The van der Waals surface area contributed by atoms with Gasteiger partial charge >= 0.3 is 5.97 Å². The van der Waals surface area contributed by atoms with Gasteiger partial charge in [-0.1, -0.05) is 44.2 Å². The summed E-state index contributed by atoms with van der Waals surface area (Å²) in [6.45, 7) is 2.61. The molecule has 4 unspecified atom stereocenters. The molecule has 1 aromatic carbocycles. The molecule has 0 spiro atoms. The van der Waals surface area contributed by atoms with Crippen LogP contribution in [0.15, 0.2) is 42.9 Å². The van der Waals surface area contributed by atoms with Crippen LogP contribution in [0.1, 0.15) is 25.1 Å². The lowest BCUT2D eigenvalue weighted by Crippen LogP contribution is -2.59. The number of carbonyl (C=O) groups excluding carboxylic acids is 3. The molecule has 0 aliphatic rings. The second-order valence-electron chi connectivity index (χ2n) is 8.45. The van der Waals surface area contributed by atoms with Crippen LogP contribution in [0.2, 0.25) is 0 Å². The first kappa shape index (κ1) is 27.5. The number of carboxylic acids is 1. The maximum atomic E-state index is 12.9. The van der Waals surface area contributed by atoms with Crippen LogP contribution in [-0.2, 0) is 32.0 Å². The Balaban J connectivity index is 2.01. The molecule has 0 saturated carbocycles. The number of amides is 3. The van der Waals surface area contributed by atoms with Crippen molar-refractivity contribution in [2.45, 2.75) is 50.9 Å². The van der Waals surface area contributed by atoms with Gasteiger partial charge in [0.1, 0.15) is 18.1 Å². The molecule has 35 heavy (non-hydrogen) atoms. The van der Waals surface area contributed by atoms with Crippen molar-refractivity contribution in [1.82, 2.24) is 25.9 Å². The van der Waals surface area contributed by atoms with Crippen molar-refractivity contribution in [1.29, 1.82) is 0 Å². The van der Waals surface area contributed by atoms with Gasteiger partial charge in [0.05, 0.1) is 19.0 Å². The van der Waals surface area contributed by atoms with Gasteiger partial charge in [0.2, 0.25) is 17.7 Å². The molecule has 4 atom stereocenters. The summed E-state index contributed by atoms with van der Waals surface area (Å²) >= 11 is 0. The minimum Gasteiger partial charge on any atom is -0.480 e. The molecule has 0 saturated heterocycles. The summed E-state index contributed by atoms with van der Waals surface area (Å²) in [4.78, 5) is 56.4. The number of aromatic amines is 1. The van der Waals surface area contributed by atoms with E-state index < -0.39 is 60.4 Å². The molecule has 3 amide bonds. The predicted molar refractivity (Wildman–Crippen MR) is 126 cm³/mol. The van der Waals surface area contributed by atoms with E-state index in [-0.39, 0.29) is 12.8 Å². The summed E-state index contributed by atoms with van der Waals surface area (Å²) in [7, 11) is 0. The van der Waals surface area contributed by atoms with Gasteiger partial charge in [-0.2, -0.15) is 0 Å². The first-order valence-electron chi connectivity index (χ1n) is 11.1. The summed E-state index contributed by atoms with van der Waals surface area (Å²) in [5.74, 6) is -3.81. The number of aliphatic hydroxyl groups excluding tert-OH is 1. The minimum absolute atomic E-state index is 0.0597. The van der Waals surface area contributed by atoms with E-state index in [2.05, 4.69) is 25.9 Å². The highest BCUT2D eigenvalue weighted by Crippen LogP contribution is 2.07. The van der Waals surface area contributed by atoms with Gasteiger partial charge in [-0.25, -0.2) is 9.78 Å². The number of carboxylic acid groups (broad SMARTS) is 1. The Hall–Kier alpha value is -3.77. The molecular weight excluding hydrogens is 456 g/mol. The van der Waals surface area contributed by atoms with Gasteiger partial charge in [-0.3, -0.25) is 14.4 Å². The molecule has 0 aliphatic carbocycles. The lowest BCUT2D eigenvalue weighted by Gasteiger charge is -2.26. The Morgan fingerprint density at radius 3 is 2.17 bits per heavy atom. The zero-order valence-electron chi connectivity index (χ0n) is 19.6. The van der Waals surface area contributed by atoms with Crippen molar-refractivity contribution < 1.29 is 29.4 Å². The Morgan fingerprint density at radius 2 is 1.63 bits per heavy atom. The Bertz CT molecular complexity index is 982. The molecule has 0 fully saturated rings. The van der Waals surface area contributed by atoms with Crippen LogP contribution in [0.3, 0.4) is 0 Å². The number of nitrogens with one attached hydrogen (secondary N) is 4. The van der Waals surface area contributed by atoms with Crippen molar-refractivity contribution in [3.05, 3.63) is 54.1 Å². The van der Waals surface area contributed by atoms with Gasteiger partial charge in [0, 0.05) is 24.7 Å². The van der Waals surface area contributed by atoms with Gasteiger partial charge in [-0.15, -0.1) is 0 Å². The van der Waals surface area contributed by atoms with Crippen LogP contribution >= 0.6 is 0 Å². The third-order valence-corrected chi connectivity index (χ3v) is 5.29. The van der Waals surface area contributed by atoms with Crippen LogP contribution in [0.4, 0.5) is 0 Å². The van der Waals surface area contributed by atoms with Crippen LogP contribution in [0, 0.1) is 5.92 Å². The molecular formula is C23H32N6O6. The number of rotatable bonds is 13. The fraction of sp³-hybridized carbons (Fsp3) is 0.435. The Morgan fingerprint density at radius 1 is 0.971 bits per heavy atom. The molecule has 12 heteroatoms. The molecule has 190 valence electrons. The highest BCUT2D eigenvalue weighted by molar-refractivity contribution is 5.94. The van der Waals surface area contributed by atoms with Crippen molar-refractivity contribution in [3.63, 3.8) is 0 Å². The van der Waals surface area contributed by atoms with E-state index in [1.165, 1.54) is 12.5 Å². The fourth-order valence-electron chi connectivity index (χ4n) is 3.30. The number of nitrogens with zero attached hydrogens (tertiary/aromatic N) is 1. The summed E-state index contributed by atoms with van der Waals surface area (Å²) < 4.78 is 0. The molecule has 12 nitrogen and oxygen atoms in total. The molecule has 1 heterocycles. The number of carbonyl (C=O) groups is 4. The third-order valence-electron chi connectivity index (χ3n) is 5.29. The zero-order valence-corrected chi connectivity index (χ0v) is 19.6. The van der Waals surface area contributed by atoms with E-state index in [1.807, 2.05) is 0 Å². The average molecular weight is 489 g/mol. The molecule has 8 N–H and O–H groups in total. The van der Waals surface area contributed by atoms with Crippen LogP contribution < -0.4 is 21.7 Å². The molecule has 2 rings (SSSR count). The average Bonchev–Trinajstić information content (AvgIpc) is 3.33. The van der Waals surface area contributed by atoms with E-state index in [4.69, 9.17) is 5.73 Å². The zero-order chi connectivity index (χ0) is 26.0. The normalized spacial score (nSPS) is 14.4. The summed E-state index contributed by atoms with van der Waals surface area (Å²) in [6, 6.07) is 4.13. The molecule has 0 aliphatic heterocycles. The van der Waals surface area contributed by atoms with Gasteiger partial charge in [0.25, 0.3) is 0 Å². The first-order valence-corrected chi connectivity index (χ1v) is 11.1. The van der Waals surface area contributed by atoms with E-state index in [1.54, 1.807) is 44.2 Å². The second-order valence-corrected chi connectivity index (χ2v) is 8.45. The number of benzene rings is 1. The molecule has 2 aromatic rings. The highest BCUT2D eigenvalue weighted by atomic mass is 16.4. The summed E-state index contributed by atoms with van der Waals surface area (Å²) in [5, 5.41) is 26.5. The monoisotopic (exact) mass is 488 g/mol. The molecule has 0 bridgehead atoms. The van der Waals surface area contributed by atoms with Gasteiger partial charge < -0.3 is 36.9 Å². The lowest BCUT2D eigenvalue weighted by atomic mass is 10.0. The number of nitrogens with two attached hydrogens (primary N) is 1. The number of aromatic nitrogens is 2. The summed E-state index contributed by atoms with van der Waals surface area (Å²) in [6.07, 6.45) is 3.15. The predicted octanol–water partition coefficient (Wildman–Crippen LogP) is -1.29. The topological polar surface area (TPSA) is 200 Å². The summed E-state index contributed by atoms with van der Waals surface area (Å²) in [5.41, 5.74) is 7.21. The van der Waals surface area contributed by atoms with Gasteiger partial charge in [0.15, 0.2) is 0 Å². The van der Waals surface area contributed by atoms with E-state index in [9.17, 15) is 29.4 Å². The minimum atomic E-state index is -1.36. The van der Waals surface area contributed by atoms with Crippen LogP contribution in [-0.4, -0.2) is 74.6 Å². The van der Waals surface area contributed by atoms with Crippen molar-refractivity contribution in [2.24, 2.45) is 11.7 Å². The standard InChI is InChI=1S/C23H32N6O6/c1-13(2)19(22(33)27-17(23(34)35)8-14-6-4-3-5-7-14)29-21(32)18(11-30)28-20(31)16(24)9-15-10-25-12-26-15/h3-7,10,12-13,16-19,30H,8-9,11,24H2,1-2H3,(H,25,26)(H,27,33)(H,28,31)(H,29,32)(H,34,35). The quantitative estimate of drug-likeness (QED) is 0.180. The van der Waals surface area contributed by atoms with Crippen LogP contribution in [0.25, 0.3) is 0 Å². The largest absolute Gasteiger partial charge is 0.480 e. The second kappa shape index (κ2) is 13.2. The first-order chi connectivity index (χ1) is 16.6. The Labute approximate surface area is 202 Å². The van der Waals surface area contributed by atoms with E-state index in [0.29, 0.717) is 5.69 Å². The van der Waals surface area contributed by atoms with E-state index in [0.717, 1.165) is 5.56 Å². The van der Waals surface area contributed by atoms with Crippen LogP contribution in [0.5, 0.6) is 0 Å². The van der Waals surface area contributed by atoms with Crippen molar-refractivity contribution in [2.75, 3.05) is 6.61 Å². The maximum absolute atomic E-state index is 12.9. The number of H-pyrrole nitrogens is 1. The third kappa shape index (κ3) is 8.50. The number of imidazole rings is 1. The Kier molecular flexibility index (Phi) is 10.4. The molecule has 1 aromatic heterocycles. The van der Waals surface area contributed by atoms with Crippen molar-refractivity contribution >= 4 is 23.7 Å². The number of hydrogen-bond donors (Lipinski definition) is 7. The lowest BCUT2D eigenvalue weighted by molar-refractivity contribution is -0.142. The molecule has 0 radical (unpaired) electrons. The number of aliphatic hydroxyl groups is 1. The number of aliphatic carboxylic acids is 1. The smallest absolute Gasteiger partial charge is 0.326 e. The SMILES string of the molecule is CC(C)C(NC(=O)C(CO)NC(=O)C(N)Cc1cnc[nH]1)C(=O)NC(Cc1ccccc1)C(=O)O. The highest BCUT2D eigenvalue weighted by Gasteiger charge is 2.31. The van der Waals surface area contributed by atoms with Gasteiger partial charge in [-0.05, 0) is 11.5 Å². The maximum Gasteiger partial charge on any atom is 0.326 e.